The van der Waals surface area contributed by atoms with Crippen molar-refractivity contribution in [3.05, 3.63) is 59.9 Å². The minimum absolute atomic E-state index is 0.149. The normalized spacial score (nSPS) is 12.0. The Hall–Kier alpha value is -2.77. The van der Waals surface area contributed by atoms with Gasteiger partial charge in [-0.25, -0.2) is 0 Å². The molecule has 0 saturated heterocycles. The summed E-state index contributed by atoms with van der Waals surface area (Å²) in [5.41, 5.74) is 1.42. The summed E-state index contributed by atoms with van der Waals surface area (Å²) in [6.07, 6.45) is -0.525. The van der Waals surface area contributed by atoms with Gasteiger partial charge in [0.15, 0.2) is 5.75 Å². The highest BCUT2D eigenvalue weighted by atomic mass is 16.5. The van der Waals surface area contributed by atoms with E-state index < -0.39 is 6.10 Å². The van der Waals surface area contributed by atoms with Crippen molar-refractivity contribution in [2.45, 2.75) is 13.0 Å². The van der Waals surface area contributed by atoms with Gasteiger partial charge in [-0.3, -0.25) is 0 Å². The molecule has 1 heterocycles. The maximum atomic E-state index is 9.50. The summed E-state index contributed by atoms with van der Waals surface area (Å²) in [7, 11) is 0. The summed E-state index contributed by atoms with van der Waals surface area (Å²) in [6, 6.07) is 16.4. The van der Waals surface area contributed by atoms with Gasteiger partial charge in [0.05, 0.1) is 11.5 Å². The molecule has 0 radical (unpaired) electrons. The SMILES string of the molecule is C[C@H](O)c1ccc(Oc2c(C#N)oc3ccccc23)cc1. The quantitative estimate of drug-likeness (QED) is 0.782. The number of benzene rings is 2. The van der Waals surface area contributed by atoms with Gasteiger partial charge in [-0.15, -0.1) is 0 Å². The van der Waals surface area contributed by atoms with Crippen LogP contribution in [0, 0.1) is 11.3 Å². The second-order valence-electron chi connectivity index (χ2n) is 4.72. The van der Waals surface area contributed by atoms with E-state index >= 15 is 0 Å². The van der Waals surface area contributed by atoms with E-state index in [0.29, 0.717) is 17.1 Å². The standard InChI is InChI=1S/C17H13NO3/c1-11(19)12-6-8-13(9-7-12)20-17-14-4-2-3-5-15(14)21-16(17)10-18/h2-9,11,19H,1H3/t11-/m0/s1. The highest BCUT2D eigenvalue weighted by Gasteiger charge is 2.15. The largest absolute Gasteiger partial charge is 0.452 e. The second kappa shape index (κ2) is 5.31. The van der Waals surface area contributed by atoms with E-state index in [1.165, 1.54) is 0 Å². The van der Waals surface area contributed by atoms with Gasteiger partial charge >= 0.3 is 0 Å². The Morgan fingerprint density at radius 2 is 1.86 bits per heavy atom. The van der Waals surface area contributed by atoms with Crippen LogP contribution in [-0.4, -0.2) is 5.11 Å². The van der Waals surface area contributed by atoms with Crippen molar-refractivity contribution in [1.29, 1.82) is 5.26 Å². The minimum atomic E-state index is -0.525. The summed E-state index contributed by atoms with van der Waals surface area (Å²) < 4.78 is 11.2. The van der Waals surface area contributed by atoms with Gasteiger partial charge in [0.25, 0.3) is 0 Å². The zero-order chi connectivity index (χ0) is 14.8. The molecule has 2 aromatic carbocycles. The first-order valence-electron chi connectivity index (χ1n) is 6.56. The Morgan fingerprint density at radius 3 is 2.52 bits per heavy atom. The number of nitrogens with zero attached hydrogens (tertiary/aromatic N) is 1. The summed E-state index contributed by atoms with van der Waals surface area (Å²) in [6.45, 7) is 1.70. The van der Waals surface area contributed by atoms with Crippen LogP contribution in [0.1, 0.15) is 24.4 Å². The molecule has 3 aromatic rings. The number of para-hydroxylation sites is 1. The molecule has 0 aliphatic heterocycles. The average Bonchev–Trinajstić information content (AvgIpc) is 2.86. The number of aliphatic hydroxyl groups is 1. The lowest BCUT2D eigenvalue weighted by Crippen LogP contribution is -1.91. The molecule has 1 N–H and O–H groups in total. The molecule has 0 spiro atoms. The molecule has 4 nitrogen and oxygen atoms in total. The number of ether oxygens (including phenoxy) is 1. The van der Waals surface area contributed by atoms with Crippen LogP contribution in [0.3, 0.4) is 0 Å². The van der Waals surface area contributed by atoms with Crippen LogP contribution in [0.4, 0.5) is 0 Å². The van der Waals surface area contributed by atoms with Crippen molar-refractivity contribution in [3.63, 3.8) is 0 Å². The topological polar surface area (TPSA) is 66.4 Å². The summed E-state index contributed by atoms with van der Waals surface area (Å²) >= 11 is 0. The van der Waals surface area contributed by atoms with Gasteiger partial charge in [0.2, 0.25) is 5.76 Å². The van der Waals surface area contributed by atoms with Crippen molar-refractivity contribution in [2.24, 2.45) is 0 Å². The summed E-state index contributed by atoms with van der Waals surface area (Å²) in [5, 5.41) is 19.4. The van der Waals surface area contributed by atoms with Crippen LogP contribution in [0.5, 0.6) is 11.5 Å². The molecule has 0 saturated carbocycles. The van der Waals surface area contributed by atoms with Crippen molar-refractivity contribution < 1.29 is 14.3 Å². The lowest BCUT2D eigenvalue weighted by atomic mass is 10.1. The second-order valence-corrected chi connectivity index (χ2v) is 4.72. The van der Waals surface area contributed by atoms with E-state index in [9.17, 15) is 5.11 Å². The summed E-state index contributed by atoms with van der Waals surface area (Å²) in [4.78, 5) is 0. The lowest BCUT2D eigenvalue weighted by Gasteiger charge is -2.07. The smallest absolute Gasteiger partial charge is 0.247 e. The van der Waals surface area contributed by atoms with Gasteiger partial charge in [0, 0.05) is 0 Å². The molecule has 104 valence electrons. The molecule has 1 atom stereocenters. The number of rotatable bonds is 3. The summed E-state index contributed by atoms with van der Waals surface area (Å²) in [5.74, 6) is 1.15. The molecule has 0 aliphatic carbocycles. The third-order valence-electron chi connectivity index (χ3n) is 3.23. The number of nitriles is 1. The van der Waals surface area contributed by atoms with E-state index in [-0.39, 0.29) is 5.76 Å². The van der Waals surface area contributed by atoms with E-state index in [1.54, 1.807) is 37.3 Å². The van der Waals surface area contributed by atoms with Crippen molar-refractivity contribution >= 4 is 11.0 Å². The van der Waals surface area contributed by atoms with Crippen LogP contribution in [0.25, 0.3) is 11.0 Å². The zero-order valence-electron chi connectivity index (χ0n) is 11.4. The first kappa shape index (κ1) is 13.2. The van der Waals surface area contributed by atoms with Crippen LogP contribution in [0.15, 0.2) is 52.9 Å². The highest BCUT2D eigenvalue weighted by Crippen LogP contribution is 2.36. The fraction of sp³-hybridized carbons (Fsp3) is 0.118. The average molecular weight is 279 g/mol. The molecular formula is C17H13NO3. The lowest BCUT2D eigenvalue weighted by molar-refractivity contribution is 0.199. The number of fused-ring (bicyclic) bond motifs is 1. The van der Waals surface area contributed by atoms with E-state index in [4.69, 9.17) is 14.4 Å². The molecule has 0 bridgehead atoms. The van der Waals surface area contributed by atoms with Crippen LogP contribution < -0.4 is 4.74 Å². The molecule has 0 fully saturated rings. The first-order chi connectivity index (χ1) is 10.2. The van der Waals surface area contributed by atoms with Crippen molar-refractivity contribution in [1.82, 2.24) is 0 Å². The third kappa shape index (κ3) is 2.47. The highest BCUT2D eigenvalue weighted by molar-refractivity contribution is 5.86. The fourth-order valence-electron chi connectivity index (χ4n) is 2.13. The van der Waals surface area contributed by atoms with Crippen LogP contribution >= 0.6 is 0 Å². The maximum absolute atomic E-state index is 9.50. The first-order valence-corrected chi connectivity index (χ1v) is 6.56. The van der Waals surface area contributed by atoms with Gasteiger partial charge in [-0.05, 0) is 36.8 Å². The van der Waals surface area contributed by atoms with E-state index in [1.807, 2.05) is 24.3 Å². The number of hydrogen-bond donors (Lipinski definition) is 1. The Kier molecular flexibility index (Phi) is 3.35. The minimum Gasteiger partial charge on any atom is -0.452 e. The molecule has 3 rings (SSSR count). The Morgan fingerprint density at radius 1 is 1.14 bits per heavy atom. The fourth-order valence-corrected chi connectivity index (χ4v) is 2.13. The van der Waals surface area contributed by atoms with Gasteiger partial charge in [-0.2, -0.15) is 5.26 Å². The molecule has 1 aromatic heterocycles. The molecule has 0 aliphatic rings. The maximum Gasteiger partial charge on any atom is 0.247 e. The predicted octanol–water partition coefficient (Wildman–Crippen LogP) is 4.15. The third-order valence-corrected chi connectivity index (χ3v) is 3.23. The molecule has 0 unspecified atom stereocenters. The number of aliphatic hydroxyl groups excluding tert-OH is 1. The van der Waals surface area contributed by atoms with E-state index in [2.05, 4.69) is 0 Å². The van der Waals surface area contributed by atoms with Crippen LogP contribution in [-0.2, 0) is 0 Å². The Labute approximate surface area is 121 Å². The molecular weight excluding hydrogens is 266 g/mol. The molecule has 0 amide bonds. The monoisotopic (exact) mass is 279 g/mol. The van der Waals surface area contributed by atoms with Gasteiger partial charge < -0.3 is 14.3 Å². The molecule has 4 heteroatoms. The Balaban J connectivity index is 1.99. The number of hydrogen-bond acceptors (Lipinski definition) is 4. The van der Waals surface area contributed by atoms with Crippen molar-refractivity contribution in [2.75, 3.05) is 0 Å². The Bertz CT molecular complexity index is 810. The van der Waals surface area contributed by atoms with Gasteiger partial charge in [0.1, 0.15) is 17.4 Å². The number of furan rings is 1. The van der Waals surface area contributed by atoms with Crippen LogP contribution in [0.2, 0.25) is 0 Å². The molecule has 21 heavy (non-hydrogen) atoms. The zero-order valence-corrected chi connectivity index (χ0v) is 11.4. The van der Waals surface area contributed by atoms with E-state index in [0.717, 1.165) is 10.9 Å². The van der Waals surface area contributed by atoms with Gasteiger partial charge in [-0.1, -0.05) is 24.3 Å². The van der Waals surface area contributed by atoms with Crippen molar-refractivity contribution in [3.8, 4) is 17.6 Å². The predicted molar refractivity (Wildman–Crippen MR) is 78.1 cm³/mol.